The first-order chi connectivity index (χ1) is 11.6. The average molecular weight is 379 g/mol. The van der Waals surface area contributed by atoms with Crippen LogP contribution in [0.1, 0.15) is 4.88 Å². The minimum atomic E-state index is -0.128. The zero-order chi connectivity index (χ0) is 16.9. The van der Waals surface area contributed by atoms with E-state index in [-0.39, 0.29) is 5.91 Å². The Hall–Kier alpha value is -2.15. The molecule has 2 heterocycles. The molecule has 1 aromatic carbocycles. The Morgan fingerprint density at radius 3 is 2.50 bits per heavy atom. The largest absolute Gasteiger partial charge is 0.339 e. The van der Waals surface area contributed by atoms with Crippen LogP contribution in [0.4, 0.5) is 17.3 Å². The summed E-state index contributed by atoms with van der Waals surface area (Å²) in [5, 5.41) is 16.7. The number of nitrogens with zero attached hydrogens (tertiary/aromatic N) is 2. The fourth-order valence-electron chi connectivity index (χ4n) is 1.95. The molecule has 0 saturated heterocycles. The lowest BCUT2D eigenvalue weighted by Crippen LogP contribution is -2.15. The highest BCUT2D eigenvalue weighted by Crippen LogP contribution is 2.26. The van der Waals surface area contributed by atoms with E-state index in [1.807, 2.05) is 17.5 Å². The number of amides is 1. The van der Waals surface area contributed by atoms with E-state index in [2.05, 4.69) is 20.8 Å². The van der Waals surface area contributed by atoms with Crippen LogP contribution in [-0.2, 0) is 11.2 Å². The maximum atomic E-state index is 11.9. The lowest BCUT2D eigenvalue weighted by atomic mass is 10.3. The Kier molecular flexibility index (Phi) is 5.30. The highest BCUT2D eigenvalue weighted by molar-refractivity contribution is 7.10. The topological polar surface area (TPSA) is 66.9 Å². The summed E-state index contributed by atoms with van der Waals surface area (Å²) in [4.78, 5) is 12.9. The van der Waals surface area contributed by atoms with Crippen LogP contribution in [-0.4, -0.2) is 16.1 Å². The fraction of sp³-hybridized carbons (Fsp3) is 0.0625. The Morgan fingerprint density at radius 1 is 1.04 bits per heavy atom. The predicted molar refractivity (Wildman–Crippen MR) is 98.4 cm³/mol. The smallest absolute Gasteiger partial charge is 0.230 e. The van der Waals surface area contributed by atoms with Crippen molar-refractivity contribution in [2.75, 3.05) is 10.6 Å². The van der Waals surface area contributed by atoms with Crippen LogP contribution >= 0.6 is 34.5 Å². The third-order valence-electron chi connectivity index (χ3n) is 3.04. The van der Waals surface area contributed by atoms with Gasteiger partial charge in [-0.15, -0.1) is 21.5 Å². The van der Waals surface area contributed by atoms with Gasteiger partial charge < -0.3 is 10.6 Å². The third-order valence-corrected chi connectivity index (χ3v) is 4.65. The van der Waals surface area contributed by atoms with Crippen molar-refractivity contribution in [3.05, 3.63) is 62.8 Å². The van der Waals surface area contributed by atoms with Gasteiger partial charge in [0.15, 0.2) is 11.6 Å². The van der Waals surface area contributed by atoms with E-state index in [1.165, 1.54) is 0 Å². The Bertz CT molecular complexity index is 838. The summed E-state index contributed by atoms with van der Waals surface area (Å²) in [5.41, 5.74) is 0.744. The maximum Gasteiger partial charge on any atom is 0.230 e. The number of benzene rings is 1. The fourth-order valence-corrected chi connectivity index (χ4v) is 2.95. The van der Waals surface area contributed by atoms with Gasteiger partial charge in [0.25, 0.3) is 0 Å². The molecule has 0 aliphatic carbocycles. The van der Waals surface area contributed by atoms with Gasteiger partial charge in [0.1, 0.15) is 0 Å². The van der Waals surface area contributed by atoms with E-state index < -0.39 is 0 Å². The van der Waals surface area contributed by atoms with Crippen molar-refractivity contribution >= 4 is 57.8 Å². The van der Waals surface area contributed by atoms with Crippen molar-refractivity contribution in [1.82, 2.24) is 10.2 Å². The van der Waals surface area contributed by atoms with E-state index in [4.69, 9.17) is 23.2 Å². The van der Waals surface area contributed by atoms with Crippen molar-refractivity contribution in [2.24, 2.45) is 0 Å². The van der Waals surface area contributed by atoms with Crippen molar-refractivity contribution in [2.45, 2.75) is 6.42 Å². The monoisotopic (exact) mass is 378 g/mol. The molecule has 5 nitrogen and oxygen atoms in total. The summed E-state index contributed by atoms with van der Waals surface area (Å²) >= 11 is 13.4. The molecule has 2 aromatic heterocycles. The van der Waals surface area contributed by atoms with Crippen molar-refractivity contribution in [3.63, 3.8) is 0 Å². The first-order valence-electron chi connectivity index (χ1n) is 6.98. The molecule has 1 amide bonds. The zero-order valence-corrected chi connectivity index (χ0v) is 14.6. The minimum absolute atomic E-state index is 0.128. The number of nitrogens with one attached hydrogen (secondary N) is 2. The van der Waals surface area contributed by atoms with Crippen LogP contribution in [0, 0.1) is 0 Å². The third kappa shape index (κ3) is 4.44. The number of aromatic nitrogens is 2. The van der Waals surface area contributed by atoms with Crippen LogP contribution in [0.2, 0.25) is 10.0 Å². The lowest BCUT2D eigenvalue weighted by molar-refractivity contribution is -0.115. The molecule has 0 aliphatic rings. The second-order valence-electron chi connectivity index (χ2n) is 4.86. The maximum absolute atomic E-state index is 11.9. The molecule has 0 atom stereocenters. The highest BCUT2D eigenvalue weighted by atomic mass is 35.5. The van der Waals surface area contributed by atoms with Gasteiger partial charge in [-0.3, -0.25) is 4.79 Å². The van der Waals surface area contributed by atoms with Gasteiger partial charge in [0, 0.05) is 10.6 Å². The van der Waals surface area contributed by atoms with Gasteiger partial charge in [0.2, 0.25) is 5.91 Å². The molecule has 0 bridgehead atoms. The number of carbonyl (C=O) groups excluding carboxylic acids is 1. The molecule has 0 unspecified atom stereocenters. The molecule has 2 N–H and O–H groups in total. The van der Waals surface area contributed by atoms with Crippen LogP contribution in [0.5, 0.6) is 0 Å². The highest BCUT2D eigenvalue weighted by Gasteiger charge is 2.07. The van der Waals surface area contributed by atoms with Crippen LogP contribution < -0.4 is 10.6 Å². The summed E-state index contributed by atoms with van der Waals surface area (Å²) < 4.78 is 0. The molecule has 0 aliphatic heterocycles. The molecule has 0 spiro atoms. The normalized spacial score (nSPS) is 10.4. The van der Waals surface area contributed by atoms with Gasteiger partial charge in [-0.25, -0.2) is 0 Å². The molecular formula is C16H12Cl2N4OS. The number of thiophene rings is 1. The SMILES string of the molecule is O=C(Cc1cccs1)Nc1ccc(Nc2ccc(Cl)c(Cl)c2)nn1. The molecule has 3 rings (SSSR count). The van der Waals surface area contributed by atoms with Gasteiger partial charge in [-0.1, -0.05) is 29.3 Å². The lowest BCUT2D eigenvalue weighted by Gasteiger charge is -2.07. The molecule has 0 radical (unpaired) electrons. The standard InChI is InChI=1S/C16H12Cl2N4OS/c17-12-4-3-10(8-13(12)18)19-14-5-6-15(22-21-14)20-16(23)9-11-2-1-7-24-11/h1-8H,9H2,(H,19,21)(H,20,22,23). The quantitative estimate of drug-likeness (QED) is 0.670. The molecule has 8 heteroatoms. The molecule has 24 heavy (non-hydrogen) atoms. The first kappa shape index (κ1) is 16.7. The minimum Gasteiger partial charge on any atom is -0.339 e. The molecule has 3 aromatic rings. The van der Waals surface area contributed by atoms with Crippen LogP contribution in [0.25, 0.3) is 0 Å². The molecule has 0 fully saturated rings. The summed E-state index contributed by atoms with van der Waals surface area (Å²) in [6, 6.07) is 12.4. The van der Waals surface area contributed by atoms with Crippen molar-refractivity contribution in [1.29, 1.82) is 0 Å². The summed E-state index contributed by atoms with van der Waals surface area (Å²) in [7, 11) is 0. The second kappa shape index (κ2) is 7.61. The average Bonchev–Trinajstić information content (AvgIpc) is 3.06. The Morgan fingerprint density at radius 2 is 1.83 bits per heavy atom. The van der Waals surface area contributed by atoms with Gasteiger partial charge in [-0.2, -0.15) is 0 Å². The van der Waals surface area contributed by atoms with E-state index in [9.17, 15) is 4.79 Å². The van der Waals surface area contributed by atoms with Crippen molar-refractivity contribution < 1.29 is 4.79 Å². The van der Waals surface area contributed by atoms with E-state index in [0.29, 0.717) is 28.1 Å². The number of hydrogen-bond acceptors (Lipinski definition) is 5. The Labute approximate surface area is 152 Å². The molecule has 122 valence electrons. The molecular weight excluding hydrogens is 367 g/mol. The zero-order valence-electron chi connectivity index (χ0n) is 12.3. The van der Waals surface area contributed by atoms with Gasteiger partial charge in [0.05, 0.1) is 16.5 Å². The van der Waals surface area contributed by atoms with Gasteiger partial charge >= 0.3 is 0 Å². The van der Waals surface area contributed by atoms with E-state index >= 15 is 0 Å². The predicted octanol–water partition coefficient (Wildman–Crippen LogP) is 4.77. The Balaban J connectivity index is 1.60. The van der Waals surface area contributed by atoms with E-state index in [0.717, 1.165) is 10.6 Å². The number of halogens is 2. The van der Waals surface area contributed by atoms with Crippen LogP contribution in [0.3, 0.4) is 0 Å². The summed E-state index contributed by atoms with van der Waals surface area (Å²) in [6.07, 6.45) is 0.322. The number of anilines is 3. The number of hydrogen-bond donors (Lipinski definition) is 2. The summed E-state index contributed by atoms with van der Waals surface area (Å²) in [6.45, 7) is 0. The van der Waals surface area contributed by atoms with Gasteiger partial charge in [-0.05, 0) is 41.8 Å². The molecule has 0 saturated carbocycles. The summed E-state index contributed by atoms with van der Waals surface area (Å²) in [5.74, 6) is 0.804. The second-order valence-corrected chi connectivity index (χ2v) is 6.71. The van der Waals surface area contributed by atoms with Crippen molar-refractivity contribution in [3.8, 4) is 0 Å². The number of rotatable bonds is 5. The van der Waals surface area contributed by atoms with Crippen LogP contribution in [0.15, 0.2) is 47.8 Å². The van der Waals surface area contributed by atoms with E-state index in [1.54, 1.807) is 41.7 Å². The first-order valence-corrected chi connectivity index (χ1v) is 8.62. The number of carbonyl (C=O) groups is 1.